The van der Waals surface area contributed by atoms with E-state index in [9.17, 15) is 0 Å². The second-order valence-electron chi connectivity index (χ2n) is 3.64. The van der Waals surface area contributed by atoms with Crippen LogP contribution in [0.15, 0.2) is 36.9 Å². The number of nitrogens with two attached hydrogens (primary N) is 1. The van der Waals surface area contributed by atoms with Gasteiger partial charge in [0.1, 0.15) is 5.82 Å². The zero-order chi connectivity index (χ0) is 11.4. The summed E-state index contributed by atoms with van der Waals surface area (Å²) >= 11 is 0. The molecule has 0 saturated heterocycles. The number of imidazole rings is 1. The van der Waals surface area contributed by atoms with Crippen LogP contribution in [-0.2, 0) is 6.42 Å². The molecular weight excluding hydrogens is 200 g/mol. The lowest BCUT2D eigenvalue weighted by Gasteiger charge is -2.19. The maximum Gasteiger partial charge on any atom is 0.108 e. The Morgan fingerprint density at radius 3 is 2.69 bits per heavy atom. The molecule has 2 N–H and O–H groups in total. The molecule has 2 aromatic rings. The lowest BCUT2D eigenvalue weighted by Crippen LogP contribution is -2.21. The minimum Gasteiger partial charge on any atom is -0.328 e. The Bertz CT molecular complexity index is 435. The summed E-state index contributed by atoms with van der Waals surface area (Å²) in [4.78, 5) is 8.34. The molecule has 0 radical (unpaired) electrons. The van der Waals surface area contributed by atoms with Gasteiger partial charge in [-0.3, -0.25) is 4.98 Å². The number of pyridine rings is 1. The van der Waals surface area contributed by atoms with Gasteiger partial charge in [0.2, 0.25) is 0 Å². The van der Waals surface area contributed by atoms with Crippen LogP contribution in [0.4, 0.5) is 0 Å². The Morgan fingerprint density at radius 1 is 1.31 bits per heavy atom. The first-order valence-electron chi connectivity index (χ1n) is 5.48. The predicted molar refractivity (Wildman–Crippen MR) is 63.0 cm³/mol. The molecule has 16 heavy (non-hydrogen) atoms. The zero-order valence-corrected chi connectivity index (χ0v) is 9.37. The van der Waals surface area contributed by atoms with Crippen molar-refractivity contribution in [3.8, 4) is 0 Å². The fourth-order valence-electron chi connectivity index (χ4n) is 1.90. The average molecular weight is 216 g/mol. The fraction of sp³-hybridized carbons (Fsp3) is 0.333. The van der Waals surface area contributed by atoms with E-state index >= 15 is 0 Å². The second kappa shape index (κ2) is 4.90. The van der Waals surface area contributed by atoms with Gasteiger partial charge in [-0.05, 0) is 17.7 Å². The smallest absolute Gasteiger partial charge is 0.108 e. The van der Waals surface area contributed by atoms with E-state index in [2.05, 4.69) is 21.5 Å². The summed E-state index contributed by atoms with van der Waals surface area (Å²) in [5, 5.41) is 0. The topological polar surface area (TPSA) is 56.7 Å². The van der Waals surface area contributed by atoms with Crippen molar-refractivity contribution in [2.24, 2.45) is 5.73 Å². The molecule has 0 amide bonds. The third-order valence-electron chi connectivity index (χ3n) is 2.72. The molecule has 0 aliphatic rings. The first-order chi connectivity index (χ1) is 7.86. The molecular formula is C12H16N4. The first-order valence-corrected chi connectivity index (χ1v) is 5.48. The van der Waals surface area contributed by atoms with E-state index in [4.69, 9.17) is 5.73 Å². The third kappa shape index (κ3) is 1.97. The van der Waals surface area contributed by atoms with E-state index < -0.39 is 0 Å². The monoisotopic (exact) mass is 216 g/mol. The van der Waals surface area contributed by atoms with Gasteiger partial charge >= 0.3 is 0 Å². The van der Waals surface area contributed by atoms with Crippen molar-refractivity contribution in [1.29, 1.82) is 0 Å². The fourth-order valence-corrected chi connectivity index (χ4v) is 1.90. The van der Waals surface area contributed by atoms with Gasteiger partial charge in [-0.15, -0.1) is 0 Å². The van der Waals surface area contributed by atoms with Crippen LogP contribution >= 0.6 is 0 Å². The van der Waals surface area contributed by atoms with E-state index in [0.717, 1.165) is 12.2 Å². The third-order valence-corrected chi connectivity index (χ3v) is 2.72. The van der Waals surface area contributed by atoms with Crippen LogP contribution in [0.2, 0.25) is 0 Å². The molecule has 0 bridgehead atoms. The summed E-state index contributed by atoms with van der Waals surface area (Å²) in [6.07, 6.45) is 8.30. The molecule has 4 heteroatoms. The molecule has 84 valence electrons. The molecule has 0 aromatic carbocycles. The minimum atomic E-state index is 0.153. The lowest BCUT2D eigenvalue weighted by atomic mass is 10.1. The maximum absolute atomic E-state index is 5.85. The minimum absolute atomic E-state index is 0.153. The molecule has 2 aromatic heterocycles. The highest BCUT2D eigenvalue weighted by Gasteiger charge is 2.13. The Kier molecular flexibility index (Phi) is 3.31. The van der Waals surface area contributed by atoms with E-state index in [1.807, 2.05) is 24.5 Å². The van der Waals surface area contributed by atoms with Crippen molar-refractivity contribution in [3.63, 3.8) is 0 Å². The highest BCUT2D eigenvalue weighted by atomic mass is 15.1. The Morgan fingerprint density at radius 2 is 2.06 bits per heavy atom. The van der Waals surface area contributed by atoms with Crippen LogP contribution in [0, 0.1) is 0 Å². The quantitative estimate of drug-likeness (QED) is 0.840. The van der Waals surface area contributed by atoms with Gasteiger partial charge in [-0.25, -0.2) is 4.98 Å². The van der Waals surface area contributed by atoms with Crippen LogP contribution in [0.1, 0.15) is 24.4 Å². The highest BCUT2D eigenvalue weighted by Crippen LogP contribution is 2.18. The predicted octanol–water partition coefficient (Wildman–Crippen LogP) is 1.39. The molecule has 1 unspecified atom stereocenters. The molecule has 2 heterocycles. The summed E-state index contributed by atoms with van der Waals surface area (Å²) in [5.74, 6) is 1.06. The molecule has 0 aliphatic heterocycles. The van der Waals surface area contributed by atoms with Gasteiger partial charge in [-0.1, -0.05) is 6.92 Å². The number of hydrogen-bond donors (Lipinski definition) is 1. The molecule has 1 atom stereocenters. The van der Waals surface area contributed by atoms with E-state index in [-0.39, 0.29) is 6.04 Å². The molecule has 4 nitrogen and oxygen atoms in total. The zero-order valence-electron chi connectivity index (χ0n) is 9.37. The highest BCUT2D eigenvalue weighted by molar-refractivity contribution is 5.18. The molecule has 0 spiro atoms. The van der Waals surface area contributed by atoms with E-state index in [1.54, 1.807) is 12.4 Å². The largest absolute Gasteiger partial charge is 0.328 e. The van der Waals surface area contributed by atoms with Gasteiger partial charge < -0.3 is 10.3 Å². The van der Waals surface area contributed by atoms with Gasteiger partial charge in [0.15, 0.2) is 0 Å². The second-order valence-corrected chi connectivity index (χ2v) is 3.64. The average Bonchev–Trinajstić information content (AvgIpc) is 2.80. The van der Waals surface area contributed by atoms with Crippen LogP contribution in [-0.4, -0.2) is 21.1 Å². The molecule has 0 aliphatic carbocycles. The lowest BCUT2D eigenvalue weighted by molar-refractivity contribution is 0.568. The summed E-state index contributed by atoms with van der Waals surface area (Å²) in [6, 6.07) is 4.15. The Balaban J connectivity index is 2.37. The first kappa shape index (κ1) is 10.8. The normalized spacial score (nSPS) is 12.6. The standard InChI is InChI=1S/C12H16N4/c1-2-12-15-7-8-16(12)11(9-13)10-3-5-14-6-4-10/h3-8,11H,2,9,13H2,1H3. The number of rotatable bonds is 4. The summed E-state index contributed by atoms with van der Waals surface area (Å²) in [5.41, 5.74) is 7.02. The summed E-state index contributed by atoms with van der Waals surface area (Å²) in [6.45, 7) is 2.66. The molecule has 2 rings (SSSR count). The van der Waals surface area contributed by atoms with Gasteiger partial charge in [-0.2, -0.15) is 0 Å². The Labute approximate surface area is 95.1 Å². The number of aryl methyl sites for hydroxylation is 1. The molecule has 0 fully saturated rings. The van der Waals surface area contributed by atoms with Crippen molar-refractivity contribution in [3.05, 3.63) is 48.3 Å². The van der Waals surface area contributed by atoms with E-state index in [1.165, 1.54) is 5.56 Å². The number of hydrogen-bond acceptors (Lipinski definition) is 3. The summed E-state index contributed by atoms with van der Waals surface area (Å²) in [7, 11) is 0. The van der Waals surface area contributed by atoms with Crippen LogP contribution in [0.25, 0.3) is 0 Å². The Hall–Kier alpha value is -1.68. The van der Waals surface area contributed by atoms with Gasteiger partial charge in [0, 0.05) is 37.8 Å². The molecule has 0 saturated carbocycles. The van der Waals surface area contributed by atoms with Crippen molar-refractivity contribution in [1.82, 2.24) is 14.5 Å². The maximum atomic E-state index is 5.85. The number of aromatic nitrogens is 3. The number of nitrogens with zero attached hydrogens (tertiary/aromatic N) is 3. The van der Waals surface area contributed by atoms with Crippen molar-refractivity contribution < 1.29 is 0 Å². The van der Waals surface area contributed by atoms with Crippen molar-refractivity contribution in [2.75, 3.05) is 6.54 Å². The van der Waals surface area contributed by atoms with Crippen LogP contribution < -0.4 is 5.73 Å². The summed E-state index contributed by atoms with van der Waals surface area (Å²) < 4.78 is 2.13. The van der Waals surface area contributed by atoms with Gasteiger partial charge in [0.05, 0.1) is 6.04 Å². The van der Waals surface area contributed by atoms with Crippen molar-refractivity contribution in [2.45, 2.75) is 19.4 Å². The van der Waals surface area contributed by atoms with Crippen LogP contribution in [0.3, 0.4) is 0 Å². The van der Waals surface area contributed by atoms with Crippen molar-refractivity contribution >= 4 is 0 Å². The van der Waals surface area contributed by atoms with E-state index in [0.29, 0.717) is 6.54 Å². The van der Waals surface area contributed by atoms with Crippen LogP contribution in [0.5, 0.6) is 0 Å². The SMILES string of the molecule is CCc1nccn1C(CN)c1ccncc1. The van der Waals surface area contributed by atoms with Gasteiger partial charge in [0.25, 0.3) is 0 Å².